The van der Waals surface area contributed by atoms with E-state index in [0.29, 0.717) is 32.6 Å². The van der Waals surface area contributed by atoms with Crippen molar-refractivity contribution in [2.75, 3.05) is 32.8 Å². The highest BCUT2D eigenvalue weighted by Gasteiger charge is 2.33. The molecular formula is C21H29N3O4. The molecule has 0 spiro atoms. The van der Waals surface area contributed by atoms with E-state index in [2.05, 4.69) is 4.90 Å². The van der Waals surface area contributed by atoms with Crippen LogP contribution in [0.15, 0.2) is 30.5 Å². The number of hydrogen-bond acceptors (Lipinski definition) is 5. The minimum atomic E-state index is -0.610. The van der Waals surface area contributed by atoms with E-state index < -0.39 is 5.60 Å². The molecule has 3 N–H and O–H groups in total. The van der Waals surface area contributed by atoms with Crippen LogP contribution in [0.4, 0.5) is 0 Å². The molecular weight excluding hydrogens is 358 g/mol. The second-order valence-corrected chi connectivity index (χ2v) is 8.03. The normalized spacial score (nSPS) is 21.0. The number of β-amino-alcohol motifs (C(OH)–C–C–N with tert-alkyl or cyclic N) is 1. The number of hydrogen-bond donors (Lipinski definition) is 2. The minimum absolute atomic E-state index is 0.158. The molecule has 2 fully saturated rings. The van der Waals surface area contributed by atoms with Gasteiger partial charge in [-0.25, -0.2) is 0 Å². The van der Waals surface area contributed by atoms with Crippen molar-refractivity contribution in [1.82, 2.24) is 9.47 Å². The van der Waals surface area contributed by atoms with Crippen molar-refractivity contribution in [3.63, 3.8) is 0 Å². The lowest BCUT2D eigenvalue weighted by atomic mass is 9.92. The van der Waals surface area contributed by atoms with Gasteiger partial charge in [-0.15, -0.1) is 0 Å². The molecule has 2 aromatic rings. The summed E-state index contributed by atoms with van der Waals surface area (Å²) in [6, 6.07) is 7.88. The zero-order valence-corrected chi connectivity index (χ0v) is 16.2. The van der Waals surface area contributed by atoms with E-state index in [1.54, 1.807) is 0 Å². The molecule has 1 amide bonds. The summed E-state index contributed by atoms with van der Waals surface area (Å²) < 4.78 is 13.5. The van der Waals surface area contributed by atoms with Gasteiger partial charge < -0.3 is 29.8 Å². The average molecular weight is 387 g/mol. The number of benzene rings is 1. The maximum atomic E-state index is 11.2. The second kappa shape index (κ2) is 8.11. The Hall–Kier alpha value is -2.09. The largest absolute Gasteiger partial charge is 0.490 e. The maximum absolute atomic E-state index is 11.2. The van der Waals surface area contributed by atoms with Crippen LogP contribution in [0.5, 0.6) is 5.75 Å². The van der Waals surface area contributed by atoms with E-state index in [4.69, 9.17) is 15.2 Å². The highest BCUT2D eigenvalue weighted by atomic mass is 16.5. The van der Waals surface area contributed by atoms with Crippen molar-refractivity contribution in [1.29, 1.82) is 0 Å². The van der Waals surface area contributed by atoms with Crippen molar-refractivity contribution in [2.24, 2.45) is 5.73 Å². The fourth-order valence-electron chi connectivity index (χ4n) is 4.29. The number of nitrogens with zero attached hydrogens (tertiary/aromatic N) is 2. The van der Waals surface area contributed by atoms with E-state index in [-0.39, 0.29) is 18.6 Å². The molecule has 0 radical (unpaired) electrons. The molecule has 0 saturated carbocycles. The number of ether oxygens (including phenoxy) is 2. The van der Waals surface area contributed by atoms with E-state index in [1.807, 2.05) is 35.0 Å². The molecule has 1 aromatic heterocycles. The standard InChI is InChI=1S/C21H29N3O4/c22-20(25)14-24-11-6-17-18(24)2-1-3-19(17)28-16-4-9-23(10-5-16)15-21(26)7-12-27-13-8-21/h1-3,6,11,16,26H,4-5,7-10,12-15H2,(H2,22,25). The van der Waals surface area contributed by atoms with Gasteiger partial charge in [-0.05, 0) is 31.0 Å². The number of amides is 1. The van der Waals surface area contributed by atoms with Gasteiger partial charge in [0.05, 0.1) is 11.1 Å². The topological polar surface area (TPSA) is 90.0 Å². The van der Waals surface area contributed by atoms with E-state index in [1.165, 1.54) is 0 Å². The molecule has 2 aliphatic rings. The smallest absolute Gasteiger partial charge is 0.237 e. The van der Waals surface area contributed by atoms with Gasteiger partial charge in [-0.1, -0.05) is 6.07 Å². The average Bonchev–Trinajstić information content (AvgIpc) is 3.07. The van der Waals surface area contributed by atoms with Gasteiger partial charge in [0.25, 0.3) is 0 Å². The third-order valence-electron chi connectivity index (χ3n) is 5.87. The molecule has 3 heterocycles. The van der Waals surface area contributed by atoms with Crippen LogP contribution in [0.2, 0.25) is 0 Å². The highest BCUT2D eigenvalue weighted by Crippen LogP contribution is 2.30. The first kappa shape index (κ1) is 19.2. The number of carbonyl (C=O) groups excluding carboxylic acids is 1. The molecule has 152 valence electrons. The predicted molar refractivity (Wildman–Crippen MR) is 106 cm³/mol. The Balaban J connectivity index is 1.36. The summed E-state index contributed by atoms with van der Waals surface area (Å²) in [5.41, 5.74) is 5.67. The summed E-state index contributed by atoms with van der Waals surface area (Å²) in [4.78, 5) is 13.6. The molecule has 4 rings (SSSR count). The Bertz CT molecular complexity index is 820. The number of fused-ring (bicyclic) bond motifs is 1. The van der Waals surface area contributed by atoms with Crippen molar-refractivity contribution >= 4 is 16.8 Å². The number of aliphatic hydroxyl groups is 1. The molecule has 28 heavy (non-hydrogen) atoms. The van der Waals surface area contributed by atoms with Crippen molar-refractivity contribution < 1.29 is 19.4 Å². The van der Waals surface area contributed by atoms with Gasteiger partial charge in [0.15, 0.2) is 0 Å². The number of nitrogens with two attached hydrogens (primary N) is 1. The lowest BCUT2D eigenvalue weighted by molar-refractivity contribution is -0.118. The molecule has 0 atom stereocenters. The zero-order chi connectivity index (χ0) is 19.6. The van der Waals surface area contributed by atoms with Crippen LogP contribution < -0.4 is 10.5 Å². The summed E-state index contributed by atoms with van der Waals surface area (Å²) in [7, 11) is 0. The lowest BCUT2D eigenvalue weighted by Gasteiger charge is -2.39. The Morgan fingerprint density at radius 2 is 2.00 bits per heavy atom. The molecule has 7 heteroatoms. The molecule has 7 nitrogen and oxygen atoms in total. The number of rotatable bonds is 6. The van der Waals surface area contributed by atoms with E-state index in [0.717, 1.165) is 42.6 Å². The number of aromatic nitrogens is 1. The van der Waals surface area contributed by atoms with Gasteiger partial charge in [-0.2, -0.15) is 0 Å². The third kappa shape index (κ3) is 4.32. The van der Waals surface area contributed by atoms with Crippen LogP contribution in [0.1, 0.15) is 25.7 Å². The molecule has 0 aliphatic carbocycles. The number of piperidine rings is 1. The fourth-order valence-corrected chi connectivity index (χ4v) is 4.29. The number of primary amides is 1. The highest BCUT2D eigenvalue weighted by molar-refractivity contribution is 5.87. The number of likely N-dealkylation sites (tertiary alicyclic amines) is 1. The van der Waals surface area contributed by atoms with Crippen LogP contribution >= 0.6 is 0 Å². The van der Waals surface area contributed by atoms with Gasteiger partial charge in [-0.3, -0.25) is 4.79 Å². The van der Waals surface area contributed by atoms with Gasteiger partial charge in [0, 0.05) is 57.3 Å². The summed E-state index contributed by atoms with van der Waals surface area (Å²) in [5.74, 6) is 0.490. The monoisotopic (exact) mass is 387 g/mol. The summed E-state index contributed by atoms with van der Waals surface area (Å²) in [6.45, 7) is 4.03. The Labute approximate surface area is 165 Å². The van der Waals surface area contributed by atoms with Crippen LogP contribution in [0.3, 0.4) is 0 Å². The Morgan fingerprint density at radius 1 is 1.25 bits per heavy atom. The molecule has 2 aliphatic heterocycles. The van der Waals surface area contributed by atoms with Crippen LogP contribution in [0, 0.1) is 0 Å². The van der Waals surface area contributed by atoms with E-state index >= 15 is 0 Å². The SMILES string of the molecule is NC(=O)Cn1ccc2c(OC3CCN(CC4(O)CCOCC4)CC3)cccc21. The summed E-state index contributed by atoms with van der Waals surface area (Å²) >= 11 is 0. The minimum Gasteiger partial charge on any atom is -0.490 e. The zero-order valence-electron chi connectivity index (χ0n) is 16.2. The quantitative estimate of drug-likeness (QED) is 0.784. The third-order valence-corrected chi connectivity index (χ3v) is 5.87. The second-order valence-electron chi connectivity index (χ2n) is 8.03. The Kier molecular flexibility index (Phi) is 5.57. The molecule has 0 unspecified atom stereocenters. The first-order chi connectivity index (χ1) is 13.5. The van der Waals surface area contributed by atoms with E-state index in [9.17, 15) is 9.90 Å². The van der Waals surface area contributed by atoms with Crippen molar-refractivity contribution in [3.8, 4) is 5.75 Å². The fraction of sp³-hybridized carbons (Fsp3) is 0.571. The molecule has 2 saturated heterocycles. The molecule has 0 bridgehead atoms. The van der Waals surface area contributed by atoms with Gasteiger partial charge >= 0.3 is 0 Å². The predicted octanol–water partition coefficient (Wildman–Crippen LogP) is 1.51. The van der Waals surface area contributed by atoms with Crippen LogP contribution in [-0.2, 0) is 16.1 Å². The first-order valence-corrected chi connectivity index (χ1v) is 10.1. The maximum Gasteiger partial charge on any atom is 0.237 e. The Morgan fingerprint density at radius 3 is 2.71 bits per heavy atom. The summed E-state index contributed by atoms with van der Waals surface area (Å²) in [5, 5.41) is 11.7. The van der Waals surface area contributed by atoms with Crippen LogP contribution in [-0.4, -0.2) is 65.0 Å². The lowest BCUT2D eigenvalue weighted by Crippen LogP contribution is -2.50. The first-order valence-electron chi connectivity index (χ1n) is 10.1. The van der Waals surface area contributed by atoms with Crippen molar-refractivity contribution in [3.05, 3.63) is 30.5 Å². The van der Waals surface area contributed by atoms with Crippen LogP contribution in [0.25, 0.3) is 10.9 Å². The van der Waals surface area contributed by atoms with Crippen molar-refractivity contribution in [2.45, 2.75) is 43.9 Å². The number of carbonyl (C=O) groups is 1. The van der Waals surface area contributed by atoms with Gasteiger partial charge in [0.2, 0.25) is 5.91 Å². The van der Waals surface area contributed by atoms with Gasteiger partial charge in [0.1, 0.15) is 18.4 Å². The summed E-state index contributed by atoms with van der Waals surface area (Å²) in [6.07, 6.45) is 5.34. The molecule has 1 aromatic carbocycles.